The number of rotatable bonds is 4. The molecule has 1 N–H and O–H groups in total. The monoisotopic (exact) mass is 551 g/mol. The zero-order valence-electron chi connectivity index (χ0n) is 23.1. The number of methoxy groups -OCH3 is 1. The average molecular weight is 552 g/mol. The molecule has 4 bridgehead atoms. The summed E-state index contributed by atoms with van der Waals surface area (Å²) in [6, 6.07) is 24.3. The Bertz CT molecular complexity index is 1540. The van der Waals surface area contributed by atoms with Crippen LogP contribution in [0.3, 0.4) is 0 Å². The van der Waals surface area contributed by atoms with Gasteiger partial charge in [0.1, 0.15) is 11.3 Å². The van der Waals surface area contributed by atoms with Crippen LogP contribution < -0.4 is 10.1 Å². The van der Waals surface area contributed by atoms with Crippen LogP contribution in [0.15, 0.2) is 72.8 Å². The summed E-state index contributed by atoms with van der Waals surface area (Å²) in [7, 11) is 1.37. The Labute approximate surface area is 239 Å². The van der Waals surface area contributed by atoms with E-state index < -0.39 is 11.5 Å². The molecule has 7 nitrogen and oxygen atoms in total. The molecule has 7 heteroatoms. The van der Waals surface area contributed by atoms with E-state index in [0.717, 1.165) is 12.0 Å². The molecule has 0 radical (unpaired) electrons. The zero-order valence-corrected chi connectivity index (χ0v) is 23.1. The van der Waals surface area contributed by atoms with Gasteiger partial charge >= 0.3 is 11.9 Å². The van der Waals surface area contributed by atoms with Gasteiger partial charge in [-0.25, -0.2) is 0 Å². The summed E-state index contributed by atoms with van der Waals surface area (Å²) in [6.45, 7) is 2.45. The molecule has 0 saturated carbocycles. The van der Waals surface area contributed by atoms with Gasteiger partial charge in [-0.05, 0) is 59.2 Å². The Balaban J connectivity index is 1.13. The molecule has 3 aromatic carbocycles. The number of fused-ring (bicyclic) bond motifs is 2. The number of benzene rings is 3. The highest BCUT2D eigenvalue weighted by Gasteiger charge is 2.57. The van der Waals surface area contributed by atoms with E-state index in [1.807, 2.05) is 36.4 Å². The first-order valence-electron chi connectivity index (χ1n) is 14.6. The molecule has 210 valence electrons. The van der Waals surface area contributed by atoms with Crippen LogP contribution in [-0.4, -0.2) is 43.6 Å². The first kappa shape index (κ1) is 25.2. The summed E-state index contributed by atoms with van der Waals surface area (Å²) in [5.41, 5.74) is 5.24. The highest BCUT2D eigenvalue weighted by molar-refractivity contribution is 5.84. The van der Waals surface area contributed by atoms with E-state index in [9.17, 15) is 9.59 Å². The Morgan fingerprint density at radius 2 is 1.66 bits per heavy atom. The highest BCUT2D eigenvalue weighted by Crippen LogP contribution is 2.63. The molecule has 41 heavy (non-hydrogen) atoms. The minimum atomic E-state index is -0.989. The molecule has 0 amide bonds. The van der Waals surface area contributed by atoms with Crippen molar-refractivity contribution in [2.75, 3.05) is 13.7 Å². The summed E-state index contributed by atoms with van der Waals surface area (Å²) in [5.74, 6) is 0.483. The molecule has 3 aromatic rings. The topological polar surface area (TPSA) is 83.1 Å². The fraction of sp³-hybridized carbons (Fsp3) is 0.412. The zero-order chi connectivity index (χ0) is 27.9. The van der Waals surface area contributed by atoms with Crippen molar-refractivity contribution in [1.82, 2.24) is 5.32 Å². The summed E-state index contributed by atoms with van der Waals surface area (Å²) in [5, 5.41) is 3.38. The van der Waals surface area contributed by atoms with Gasteiger partial charge in [0.05, 0.1) is 25.7 Å². The predicted octanol–water partition coefficient (Wildman–Crippen LogP) is 4.84. The number of carbonyl (C=O) groups is 2. The van der Waals surface area contributed by atoms with Crippen molar-refractivity contribution in [2.24, 2.45) is 17.8 Å². The lowest BCUT2D eigenvalue weighted by atomic mass is 9.52. The minimum Gasteiger partial charge on any atom is -0.468 e. The lowest BCUT2D eigenvalue weighted by Crippen LogP contribution is -2.49. The van der Waals surface area contributed by atoms with Crippen molar-refractivity contribution < 1.29 is 28.5 Å². The van der Waals surface area contributed by atoms with Crippen molar-refractivity contribution in [3.05, 3.63) is 101 Å². The Morgan fingerprint density at radius 1 is 0.927 bits per heavy atom. The minimum absolute atomic E-state index is 0.110. The third kappa shape index (κ3) is 3.75. The largest absolute Gasteiger partial charge is 0.468 e. The standard InChI is InChI=1S/C34H33NO6/c1-34(33(37)38-2)16-25(31(35-34)18-8-4-3-5-9-18)32(36)40-19-12-13-22-23(14-19)28-20-10-6-7-11-21(20)29(22)30-24(28)15-27-39-17-26(30)41-27/h3-14,24-31,35H,15-17H2,1-2H3/t24?,25-,26?,27+,28?,29?,30?,31-,34-/m0/s1. The van der Waals surface area contributed by atoms with Crippen LogP contribution in [0.5, 0.6) is 5.75 Å². The second kappa shape index (κ2) is 9.24. The number of carbonyl (C=O) groups excluding carboxylic acids is 2. The molecule has 3 fully saturated rings. The summed E-state index contributed by atoms with van der Waals surface area (Å²) in [4.78, 5) is 26.5. The molecular weight excluding hydrogens is 518 g/mol. The first-order chi connectivity index (χ1) is 19.9. The van der Waals surface area contributed by atoms with Gasteiger partial charge in [0, 0.05) is 30.2 Å². The van der Waals surface area contributed by atoms with Crippen LogP contribution >= 0.6 is 0 Å². The number of hydrogen-bond donors (Lipinski definition) is 1. The molecule has 0 aromatic heterocycles. The molecule has 0 spiro atoms. The van der Waals surface area contributed by atoms with E-state index in [2.05, 4.69) is 41.7 Å². The van der Waals surface area contributed by atoms with Crippen LogP contribution in [0.4, 0.5) is 0 Å². The van der Waals surface area contributed by atoms with E-state index in [0.29, 0.717) is 24.2 Å². The van der Waals surface area contributed by atoms with Crippen LogP contribution in [0, 0.1) is 17.8 Å². The first-order valence-corrected chi connectivity index (χ1v) is 14.6. The van der Waals surface area contributed by atoms with Gasteiger partial charge in [-0.3, -0.25) is 14.9 Å². The smallest absolute Gasteiger partial charge is 0.325 e. The maximum Gasteiger partial charge on any atom is 0.325 e. The molecule has 3 heterocycles. The van der Waals surface area contributed by atoms with Gasteiger partial charge in [0.25, 0.3) is 0 Å². The number of ether oxygens (including phenoxy) is 4. The second-order valence-electron chi connectivity index (χ2n) is 12.4. The second-order valence-corrected chi connectivity index (χ2v) is 12.4. The van der Waals surface area contributed by atoms with Crippen LogP contribution in [-0.2, 0) is 23.8 Å². The number of esters is 2. The van der Waals surface area contributed by atoms with Gasteiger partial charge in [-0.1, -0.05) is 60.7 Å². The van der Waals surface area contributed by atoms with Crippen molar-refractivity contribution in [2.45, 2.75) is 55.6 Å². The van der Waals surface area contributed by atoms with Crippen molar-refractivity contribution >= 4 is 11.9 Å². The molecule has 3 aliphatic heterocycles. The molecule has 6 aliphatic rings. The fourth-order valence-electron chi connectivity index (χ4n) is 8.55. The maximum atomic E-state index is 13.8. The molecule has 9 rings (SSSR count). The third-order valence-electron chi connectivity index (χ3n) is 10.2. The van der Waals surface area contributed by atoms with Crippen LogP contribution in [0.1, 0.15) is 65.5 Å². The van der Waals surface area contributed by atoms with Gasteiger partial charge in [-0.2, -0.15) is 0 Å². The molecule has 3 saturated heterocycles. The van der Waals surface area contributed by atoms with E-state index >= 15 is 0 Å². The van der Waals surface area contributed by atoms with Gasteiger partial charge in [-0.15, -0.1) is 0 Å². The molecule has 3 aliphatic carbocycles. The van der Waals surface area contributed by atoms with E-state index in [-0.39, 0.29) is 48.6 Å². The van der Waals surface area contributed by atoms with Gasteiger partial charge < -0.3 is 18.9 Å². The lowest BCUT2D eigenvalue weighted by Gasteiger charge is -2.54. The lowest BCUT2D eigenvalue weighted by molar-refractivity contribution is -0.147. The number of hydrogen-bond acceptors (Lipinski definition) is 7. The summed E-state index contributed by atoms with van der Waals surface area (Å²) >= 11 is 0. The molecule has 9 atom stereocenters. The third-order valence-corrected chi connectivity index (χ3v) is 10.2. The van der Waals surface area contributed by atoms with Crippen molar-refractivity contribution in [3.63, 3.8) is 0 Å². The quantitative estimate of drug-likeness (QED) is 0.367. The van der Waals surface area contributed by atoms with E-state index in [1.165, 1.54) is 29.4 Å². The van der Waals surface area contributed by atoms with E-state index in [1.54, 1.807) is 6.92 Å². The van der Waals surface area contributed by atoms with Gasteiger partial charge in [0.2, 0.25) is 0 Å². The van der Waals surface area contributed by atoms with Gasteiger partial charge in [0.15, 0.2) is 6.29 Å². The Kier molecular flexibility index (Phi) is 5.68. The number of nitrogens with one attached hydrogen (secondary N) is 1. The maximum absolute atomic E-state index is 13.8. The highest BCUT2D eigenvalue weighted by atomic mass is 16.7. The van der Waals surface area contributed by atoms with Crippen molar-refractivity contribution in [1.29, 1.82) is 0 Å². The Morgan fingerprint density at radius 3 is 2.44 bits per heavy atom. The van der Waals surface area contributed by atoms with E-state index in [4.69, 9.17) is 18.9 Å². The van der Waals surface area contributed by atoms with Crippen LogP contribution in [0.2, 0.25) is 0 Å². The van der Waals surface area contributed by atoms with Crippen molar-refractivity contribution in [3.8, 4) is 5.75 Å². The fourth-order valence-corrected chi connectivity index (χ4v) is 8.55. The normalized spacial score (nSPS) is 35.8. The average Bonchev–Trinajstić information content (AvgIpc) is 3.57. The molecule has 5 unspecified atom stereocenters. The summed E-state index contributed by atoms with van der Waals surface area (Å²) < 4.78 is 23.4. The van der Waals surface area contributed by atoms with Crippen LogP contribution in [0.25, 0.3) is 0 Å². The summed E-state index contributed by atoms with van der Waals surface area (Å²) in [6.07, 6.45) is 1.14. The molecular formula is C34H33NO6. The SMILES string of the molecule is COC(=O)[C@]1(C)C[C@H](C(=O)Oc2ccc3c(c2)C2c4ccccc4C3C3C4CO[C@@H](CC23)O4)[C@H](c2ccccc2)N1. The Hall–Kier alpha value is -3.52. The predicted molar refractivity (Wildman–Crippen MR) is 149 cm³/mol.